The van der Waals surface area contributed by atoms with E-state index in [0.717, 1.165) is 6.26 Å². The van der Waals surface area contributed by atoms with Gasteiger partial charge in [-0.25, -0.2) is 19.4 Å². The summed E-state index contributed by atoms with van der Waals surface area (Å²) in [5, 5.41) is 1.18. The number of nitrogens with zero attached hydrogens (tertiary/aromatic N) is 1. The number of benzene rings is 2. The second-order valence-electron chi connectivity index (χ2n) is 4.79. The maximum atomic E-state index is 11.4. The molecule has 24 heavy (non-hydrogen) atoms. The summed E-state index contributed by atoms with van der Waals surface area (Å²) in [5.41, 5.74) is 7.10. The molecule has 2 aromatic rings. The third-order valence-electron chi connectivity index (χ3n) is 2.95. The van der Waals surface area contributed by atoms with Crippen molar-refractivity contribution in [2.75, 3.05) is 21.5 Å². The van der Waals surface area contributed by atoms with Gasteiger partial charge in [0.25, 0.3) is 0 Å². The zero-order valence-corrected chi connectivity index (χ0v) is 14.2. The molecule has 11 heteroatoms. The van der Waals surface area contributed by atoms with E-state index >= 15 is 0 Å². The van der Waals surface area contributed by atoms with E-state index in [1.54, 1.807) is 36.4 Å². The van der Waals surface area contributed by atoms with Crippen LogP contribution in [0.15, 0.2) is 53.4 Å². The summed E-state index contributed by atoms with van der Waals surface area (Å²) in [6.45, 7) is 0. The van der Waals surface area contributed by atoms with Crippen LogP contribution in [0.25, 0.3) is 0 Å². The molecule has 0 saturated heterocycles. The smallest absolute Gasteiger partial charge is 0.175 e. The summed E-state index contributed by atoms with van der Waals surface area (Å²) in [4.78, 5) is 0.219. The molecule has 1 atom stereocenters. The van der Waals surface area contributed by atoms with Gasteiger partial charge in [0.15, 0.2) is 9.84 Å². The molecule has 0 spiro atoms. The van der Waals surface area contributed by atoms with Gasteiger partial charge in [-0.05, 0) is 48.5 Å². The highest BCUT2D eigenvalue weighted by Gasteiger charge is 2.06. The van der Waals surface area contributed by atoms with E-state index in [1.165, 1.54) is 17.3 Å². The topological polar surface area (TPSA) is 140 Å². The predicted octanol–water partition coefficient (Wildman–Crippen LogP) is 0.508. The lowest BCUT2D eigenvalue weighted by molar-refractivity contribution is 0.542. The quantitative estimate of drug-likeness (QED) is 0.314. The highest BCUT2D eigenvalue weighted by Crippen LogP contribution is 2.16. The summed E-state index contributed by atoms with van der Waals surface area (Å²) in [6, 6.07) is 12.4. The lowest BCUT2D eigenvalue weighted by Crippen LogP contribution is -2.47. The van der Waals surface area contributed by atoms with Crippen molar-refractivity contribution in [3.05, 3.63) is 48.5 Å². The molecule has 0 saturated carbocycles. The van der Waals surface area contributed by atoms with Gasteiger partial charge in [-0.3, -0.25) is 4.21 Å². The van der Waals surface area contributed by atoms with Crippen LogP contribution in [0.3, 0.4) is 0 Å². The molecule has 0 aliphatic heterocycles. The summed E-state index contributed by atoms with van der Waals surface area (Å²) in [6.07, 6.45) is 1.14. The first-order chi connectivity index (χ1) is 11.3. The van der Waals surface area contributed by atoms with Gasteiger partial charge >= 0.3 is 0 Å². The number of rotatable bonds is 7. The fourth-order valence-corrected chi connectivity index (χ4v) is 2.72. The number of hydrogen-bond acceptors (Lipinski definition) is 8. The van der Waals surface area contributed by atoms with Crippen molar-refractivity contribution in [2.24, 2.45) is 5.84 Å². The molecule has 0 aromatic heterocycles. The molecule has 0 radical (unpaired) electrons. The van der Waals surface area contributed by atoms with Crippen LogP contribution in [0.5, 0.6) is 0 Å². The summed E-state index contributed by atoms with van der Waals surface area (Å²) >= 11 is -2.39. The van der Waals surface area contributed by atoms with Crippen LogP contribution in [0.1, 0.15) is 0 Å². The Balaban J connectivity index is 1.95. The Morgan fingerprint density at radius 3 is 2.08 bits per heavy atom. The molecule has 0 bridgehead atoms. The van der Waals surface area contributed by atoms with Crippen molar-refractivity contribution < 1.29 is 17.2 Å². The zero-order valence-electron chi connectivity index (χ0n) is 12.6. The van der Waals surface area contributed by atoms with Crippen LogP contribution in [-0.2, 0) is 21.1 Å². The van der Waals surface area contributed by atoms with Gasteiger partial charge in [-0.1, -0.05) is 0 Å². The highest BCUT2D eigenvalue weighted by atomic mass is 32.2. The Morgan fingerprint density at radius 2 is 1.58 bits per heavy atom. The minimum absolute atomic E-state index is 0.219. The van der Waals surface area contributed by atoms with Crippen LogP contribution >= 0.6 is 0 Å². The fourth-order valence-electron chi connectivity index (χ4n) is 1.76. The van der Waals surface area contributed by atoms with Crippen molar-refractivity contribution in [1.82, 2.24) is 5.53 Å². The largest absolute Gasteiger partial charge is 0.755 e. The average Bonchev–Trinajstić information content (AvgIpc) is 2.52. The molecular weight excluding hydrogens is 354 g/mol. The van der Waals surface area contributed by atoms with Gasteiger partial charge in [0.1, 0.15) is 0 Å². The second-order valence-corrected chi connectivity index (χ2v) is 7.48. The molecule has 9 nitrogen and oxygen atoms in total. The maximum Gasteiger partial charge on any atom is 0.175 e. The van der Waals surface area contributed by atoms with Crippen molar-refractivity contribution in [1.29, 1.82) is 0 Å². The number of nitrogens with two attached hydrogens (primary N) is 1. The number of nitrogens with one attached hydrogen (secondary N) is 3. The lowest BCUT2D eigenvalue weighted by Gasteiger charge is -2.21. The SMILES string of the molecule is CS(=O)(=O)c1ccc(NNN(N)c2ccc(NS(=O)[O-])cc2)cc1. The molecule has 130 valence electrons. The Bertz CT molecular complexity index is 809. The minimum Gasteiger partial charge on any atom is -0.755 e. The first-order valence-corrected chi connectivity index (χ1v) is 9.55. The molecule has 2 rings (SSSR count). The second kappa shape index (κ2) is 7.59. The molecule has 5 N–H and O–H groups in total. The minimum atomic E-state index is -3.24. The van der Waals surface area contributed by atoms with Crippen LogP contribution in [-0.4, -0.2) is 23.4 Å². The van der Waals surface area contributed by atoms with E-state index in [1.807, 2.05) is 0 Å². The monoisotopic (exact) mass is 370 g/mol. The van der Waals surface area contributed by atoms with E-state index in [2.05, 4.69) is 15.7 Å². The Kier molecular flexibility index (Phi) is 5.75. The standard InChI is InChI=1S/C13H17N5O4S2/c1-24(21,22)13-8-4-10(5-9-13)15-17-18(14)12-6-2-11(3-7-12)16-23(19)20/h2-9,15-17H,14H2,1H3,(H,19,20)/p-1. The predicted molar refractivity (Wildman–Crippen MR) is 92.0 cm³/mol. The summed E-state index contributed by atoms with van der Waals surface area (Å²) in [7, 11) is -3.24. The molecule has 2 aromatic carbocycles. The van der Waals surface area contributed by atoms with Crippen LogP contribution in [0.4, 0.5) is 17.1 Å². The number of sulfone groups is 1. The zero-order chi connectivity index (χ0) is 17.7. The third kappa shape index (κ3) is 5.18. The normalized spacial score (nSPS) is 12.5. The van der Waals surface area contributed by atoms with E-state index in [0.29, 0.717) is 17.1 Å². The van der Waals surface area contributed by atoms with Gasteiger partial charge in [0, 0.05) is 23.2 Å². The lowest BCUT2D eigenvalue weighted by atomic mass is 10.3. The Labute approximate surface area is 142 Å². The van der Waals surface area contributed by atoms with Crippen molar-refractivity contribution >= 4 is 38.2 Å². The molecule has 0 aliphatic rings. The number of anilines is 3. The fraction of sp³-hybridized carbons (Fsp3) is 0.0769. The maximum absolute atomic E-state index is 11.4. The average molecular weight is 370 g/mol. The molecule has 1 unspecified atom stereocenters. The van der Waals surface area contributed by atoms with E-state index < -0.39 is 21.1 Å². The summed E-state index contributed by atoms with van der Waals surface area (Å²) < 4.78 is 46.0. The van der Waals surface area contributed by atoms with Gasteiger partial charge in [-0.2, -0.15) is 0 Å². The van der Waals surface area contributed by atoms with Crippen molar-refractivity contribution in [2.45, 2.75) is 4.90 Å². The van der Waals surface area contributed by atoms with Gasteiger partial charge in [0.05, 0.1) is 16.3 Å². The Hall–Kier alpha value is -2.18. The first kappa shape index (κ1) is 18.2. The van der Waals surface area contributed by atoms with Crippen LogP contribution in [0, 0.1) is 0 Å². The van der Waals surface area contributed by atoms with E-state index in [-0.39, 0.29) is 4.90 Å². The van der Waals surface area contributed by atoms with Gasteiger partial charge in [-0.15, -0.1) is 5.53 Å². The van der Waals surface area contributed by atoms with Crippen LogP contribution < -0.4 is 26.6 Å². The highest BCUT2D eigenvalue weighted by molar-refractivity contribution is 7.90. The molecule has 0 heterocycles. The first-order valence-electron chi connectivity index (χ1n) is 6.58. The third-order valence-corrected chi connectivity index (χ3v) is 4.48. The number of hydrazine groups is 3. The van der Waals surface area contributed by atoms with E-state index in [4.69, 9.17) is 5.84 Å². The molecule has 0 amide bonds. The number of hydrogen-bond donors (Lipinski definition) is 4. The van der Waals surface area contributed by atoms with Gasteiger partial charge < -0.3 is 14.7 Å². The van der Waals surface area contributed by atoms with E-state index in [9.17, 15) is 17.2 Å². The molecular formula is C13H16N5O4S2-. The molecule has 0 aliphatic carbocycles. The van der Waals surface area contributed by atoms with Crippen molar-refractivity contribution in [3.63, 3.8) is 0 Å². The summed E-state index contributed by atoms with van der Waals surface area (Å²) in [5.74, 6) is 5.82. The molecule has 0 fully saturated rings. The van der Waals surface area contributed by atoms with Crippen molar-refractivity contribution in [3.8, 4) is 0 Å². The van der Waals surface area contributed by atoms with Gasteiger partial charge in [0.2, 0.25) is 0 Å². The Morgan fingerprint density at radius 1 is 1.04 bits per heavy atom. The van der Waals surface area contributed by atoms with Crippen LogP contribution in [0.2, 0.25) is 0 Å².